The van der Waals surface area contributed by atoms with E-state index in [0.717, 1.165) is 18.5 Å². The van der Waals surface area contributed by atoms with Crippen LogP contribution in [0.3, 0.4) is 0 Å². The zero-order chi connectivity index (χ0) is 19.4. The van der Waals surface area contributed by atoms with Crippen LogP contribution in [0.4, 0.5) is 5.69 Å². The summed E-state index contributed by atoms with van der Waals surface area (Å²) in [6.45, 7) is 1.50. The van der Waals surface area contributed by atoms with E-state index >= 15 is 0 Å². The Kier molecular flexibility index (Phi) is 5.77. The molecule has 1 fully saturated rings. The maximum absolute atomic E-state index is 12.7. The van der Waals surface area contributed by atoms with Crippen molar-refractivity contribution in [2.24, 2.45) is 0 Å². The Bertz CT molecular complexity index is 905. The number of hydrogen-bond acceptors (Lipinski definition) is 6. The molecule has 1 heterocycles. The maximum atomic E-state index is 12.7. The summed E-state index contributed by atoms with van der Waals surface area (Å²) in [5.41, 5.74) is 1.77. The third kappa shape index (κ3) is 4.47. The zero-order valence-electron chi connectivity index (χ0n) is 15.1. The predicted molar refractivity (Wildman–Crippen MR) is 103 cm³/mol. The average molecular weight is 381 g/mol. The Morgan fingerprint density at radius 3 is 2.63 bits per heavy atom. The number of rotatable bonds is 6. The lowest BCUT2D eigenvalue weighted by Crippen LogP contribution is -2.30. The number of esters is 1. The molecule has 6 nitrogen and oxygen atoms in total. The van der Waals surface area contributed by atoms with Gasteiger partial charge in [0.1, 0.15) is 11.1 Å². The number of nitrogens with zero attached hydrogens (tertiary/aromatic N) is 2. The van der Waals surface area contributed by atoms with E-state index in [1.807, 2.05) is 18.4 Å². The van der Waals surface area contributed by atoms with Crippen molar-refractivity contribution in [1.82, 2.24) is 4.98 Å². The van der Waals surface area contributed by atoms with E-state index in [0.29, 0.717) is 16.6 Å². The fourth-order valence-corrected chi connectivity index (χ4v) is 3.15. The molecule has 0 unspecified atom stereocenters. The van der Waals surface area contributed by atoms with Gasteiger partial charge in [-0.2, -0.15) is 5.26 Å². The van der Waals surface area contributed by atoms with Crippen molar-refractivity contribution < 1.29 is 14.3 Å². The van der Waals surface area contributed by atoms with Crippen LogP contribution in [-0.4, -0.2) is 29.2 Å². The van der Waals surface area contributed by atoms with Crippen LogP contribution in [0.1, 0.15) is 47.3 Å². The molecule has 1 aromatic carbocycles. The largest absolute Gasteiger partial charge is 0.449 e. The molecule has 0 aliphatic heterocycles. The number of benzene rings is 1. The van der Waals surface area contributed by atoms with E-state index in [9.17, 15) is 14.9 Å². The average Bonchev–Trinajstić information content (AvgIpc) is 3.52. The number of ether oxygens (including phenoxy) is 1. The molecule has 1 amide bonds. The molecule has 2 aromatic rings. The van der Waals surface area contributed by atoms with Gasteiger partial charge in [-0.15, -0.1) is 11.8 Å². The van der Waals surface area contributed by atoms with Gasteiger partial charge < -0.3 is 10.1 Å². The van der Waals surface area contributed by atoms with Crippen LogP contribution in [0, 0.1) is 11.3 Å². The summed E-state index contributed by atoms with van der Waals surface area (Å²) in [6, 6.07) is 12.6. The fourth-order valence-electron chi connectivity index (χ4n) is 2.59. The topological polar surface area (TPSA) is 92.1 Å². The second-order valence-electron chi connectivity index (χ2n) is 6.27. The van der Waals surface area contributed by atoms with Gasteiger partial charge in [-0.25, -0.2) is 9.78 Å². The second-order valence-corrected chi connectivity index (χ2v) is 7.06. The lowest BCUT2D eigenvalue weighted by atomic mass is 10.1. The van der Waals surface area contributed by atoms with Gasteiger partial charge in [0.25, 0.3) is 5.91 Å². The smallest absolute Gasteiger partial charge is 0.340 e. The van der Waals surface area contributed by atoms with Crippen molar-refractivity contribution in [2.45, 2.75) is 36.8 Å². The van der Waals surface area contributed by atoms with Crippen LogP contribution in [-0.2, 0) is 9.53 Å². The molecule has 27 heavy (non-hydrogen) atoms. The molecule has 0 radical (unpaired) electrons. The molecule has 1 saturated carbocycles. The Labute approximate surface area is 161 Å². The Morgan fingerprint density at radius 2 is 2.04 bits per heavy atom. The molecule has 1 N–H and O–H groups in total. The first kappa shape index (κ1) is 18.9. The van der Waals surface area contributed by atoms with Crippen LogP contribution < -0.4 is 5.32 Å². The molecule has 0 spiro atoms. The van der Waals surface area contributed by atoms with Gasteiger partial charge >= 0.3 is 5.97 Å². The van der Waals surface area contributed by atoms with Gasteiger partial charge in [-0.1, -0.05) is 18.2 Å². The van der Waals surface area contributed by atoms with Crippen LogP contribution in [0.2, 0.25) is 0 Å². The summed E-state index contributed by atoms with van der Waals surface area (Å²) in [5, 5.41) is 12.7. The van der Waals surface area contributed by atoms with E-state index in [4.69, 9.17) is 4.74 Å². The maximum Gasteiger partial charge on any atom is 0.340 e. The molecule has 1 atom stereocenters. The SMILES string of the molecule is CSc1nc(C2CC2)cc(C(=O)O[C@H](C)C(=O)Nc2ccccc2)c1C#N. The van der Waals surface area contributed by atoms with E-state index in [-0.39, 0.29) is 11.1 Å². The van der Waals surface area contributed by atoms with Crippen LogP contribution in [0.15, 0.2) is 41.4 Å². The van der Waals surface area contributed by atoms with Crippen molar-refractivity contribution in [3.05, 3.63) is 53.2 Å². The molecule has 7 heteroatoms. The molecular weight excluding hydrogens is 362 g/mol. The Morgan fingerprint density at radius 1 is 1.33 bits per heavy atom. The van der Waals surface area contributed by atoms with Crippen LogP contribution in [0.25, 0.3) is 0 Å². The van der Waals surface area contributed by atoms with Gasteiger partial charge in [-0.05, 0) is 44.2 Å². The van der Waals surface area contributed by atoms with E-state index < -0.39 is 18.0 Å². The molecule has 0 saturated heterocycles. The number of hydrogen-bond donors (Lipinski definition) is 1. The minimum absolute atomic E-state index is 0.165. The fraction of sp³-hybridized carbons (Fsp3) is 0.300. The molecule has 138 valence electrons. The van der Waals surface area contributed by atoms with E-state index in [2.05, 4.69) is 10.3 Å². The van der Waals surface area contributed by atoms with E-state index in [1.165, 1.54) is 18.7 Å². The molecule has 1 aliphatic carbocycles. The summed E-state index contributed by atoms with van der Waals surface area (Å²) >= 11 is 1.32. The summed E-state index contributed by atoms with van der Waals surface area (Å²) in [6.07, 6.45) is 2.86. The molecular formula is C20H19N3O3S. The number of carbonyl (C=O) groups excluding carboxylic acids is 2. The first-order chi connectivity index (χ1) is 13.0. The lowest BCUT2D eigenvalue weighted by molar-refractivity contribution is -0.123. The zero-order valence-corrected chi connectivity index (χ0v) is 15.9. The number of amides is 1. The summed E-state index contributed by atoms with van der Waals surface area (Å²) in [7, 11) is 0. The van der Waals surface area contributed by atoms with Gasteiger partial charge in [0.05, 0.1) is 11.1 Å². The number of para-hydroxylation sites is 1. The highest BCUT2D eigenvalue weighted by molar-refractivity contribution is 7.98. The number of nitriles is 1. The van der Waals surface area contributed by atoms with Gasteiger partial charge in [0.2, 0.25) is 0 Å². The minimum atomic E-state index is -1.00. The predicted octanol–water partition coefficient (Wildman–Crippen LogP) is 3.74. The number of thioether (sulfide) groups is 1. The van der Waals surface area contributed by atoms with Gasteiger partial charge in [0.15, 0.2) is 6.10 Å². The Balaban J connectivity index is 1.78. The van der Waals surface area contributed by atoms with Crippen LogP contribution in [0.5, 0.6) is 0 Å². The number of carbonyl (C=O) groups is 2. The number of aromatic nitrogens is 1. The van der Waals surface area contributed by atoms with Crippen LogP contribution >= 0.6 is 11.8 Å². The second kappa shape index (κ2) is 8.23. The molecule has 1 aliphatic rings. The summed E-state index contributed by atoms with van der Waals surface area (Å²) in [5.74, 6) is -0.800. The van der Waals surface area contributed by atoms with Crippen molar-refractivity contribution in [3.8, 4) is 6.07 Å². The van der Waals surface area contributed by atoms with Crippen molar-refractivity contribution in [1.29, 1.82) is 5.26 Å². The number of nitrogens with one attached hydrogen (secondary N) is 1. The third-order valence-electron chi connectivity index (χ3n) is 4.22. The lowest BCUT2D eigenvalue weighted by Gasteiger charge is -2.15. The number of pyridine rings is 1. The third-order valence-corrected chi connectivity index (χ3v) is 4.90. The Hall–Kier alpha value is -2.85. The van der Waals surface area contributed by atoms with Gasteiger partial charge in [-0.3, -0.25) is 4.79 Å². The summed E-state index contributed by atoms with van der Waals surface area (Å²) in [4.78, 5) is 29.4. The summed E-state index contributed by atoms with van der Waals surface area (Å²) < 4.78 is 5.33. The number of anilines is 1. The standard InChI is InChI=1S/C20H19N3O3S/c1-12(18(24)22-14-6-4-3-5-7-14)26-20(25)15-10-17(13-8-9-13)23-19(27-2)16(15)11-21/h3-7,10,12-13H,8-9H2,1-2H3,(H,22,24)/t12-/m1/s1. The van der Waals surface area contributed by atoms with Gasteiger partial charge in [0, 0.05) is 17.3 Å². The van der Waals surface area contributed by atoms with E-state index in [1.54, 1.807) is 30.3 Å². The van der Waals surface area contributed by atoms with Crippen molar-refractivity contribution >= 4 is 29.3 Å². The molecule has 3 rings (SSSR count). The highest BCUT2D eigenvalue weighted by atomic mass is 32.2. The monoisotopic (exact) mass is 381 g/mol. The highest BCUT2D eigenvalue weighted by Gasteiger charge is 2.30. The quantitative estimate of drug-likeness (QED) is 0.605. The first-order valence-electron chi connectivity index (χ1n) is 8.59. The van der Waals surface area contributed by atoms with Crippen molar-refractivity contribution in [3.63, 3.8) is 0 Å². The molecule has 0 bridgehead atoms. The van der Waals surface area contributed by atoms with Crippen molar-refractivity contribution in [2.75, 3.05) is 11.6 Å². The highest BCUT2D eigenvalue weighted by Crippen LogP contribution is 2.40. The first-order valence-corrected chi connectivity index (χ1v) is 9.82. The minimum Gasteiger partial charge on any atom is -0.449 e. The molecule has 1 aromatic heterocycles. The normalized spacial score (nSPS) is 14.1.